The highest BCUT2D eigenvalue weighted by Gasteiger charge is 2.16. The molecule has 1 aliphatic rings. The van der Waals surface area contributed by atoms with Crippen LogP contribution in [0.25, 0.3) is 0 Å². The highest BCUT2D eigenvalue weighted by atomic mass is 19.1. The van der Waals surface area contributed by atoms with E-state index >= 15 is 0 Å². The second kappa shape index (κ2) is 7.34. The molecule has 130 valence electrons. The van der Waals surface area contributed by atoms with E-state index in [0.717, 1.165) is 29.8 Å². The van der Waals surface area contributed by atoms with Crippen molar-refractivity contribution < 1.29 is 14.0 Å². The minimum Gasteiger partial charge on any atom is -0.374 e. The van der Waals surface area contributed by atoms with Crippen molar-refractivity contribution in [3.8, 4) is 0 Å². The van der Waals surface area contributed by atoms with Crippen LogP contribution in [-0.2, 0) is 16.0 Å². The Labute approximate surface area is 145 Å². The van der Waals surface area contributed by atoms with Crippen molar-refractivity contribution in [3.05, 3.63) is 53.8 Å². The summed E-state index contributed by atoms with van der Waals surface area (Å²) < 4.78 is 13.2. The number of halogens is 1. The van der Waals surface area contributed by atoms with E-state index in [2.05, 4.69) is 16.0 Å². The van der Waals surface area contributed by atoms with Gasteiger partial charge in [0.05, 0.1) is 0 Å². The van der Waals surface area contributed by atoms with E-state index in [9.17, 15) is 14.0 Å². The lowest BCUT2D eigenvalue weighted by Crippen LogP contribution is -2.31. The average molecular weight is 341 g/mol. The summed E-state index contributed by atoms with van der Waals surface area (Å²) >= 11 is 0. The molecular formula is C19H20FN3O2. The number of hydrogen-bond donors (Lipinski definition) is 3. The molecule has 0 radical (unpaired) electrons. The maximum atomic E-state index is 13.2. The van der Waals surface area contributed by atoms with Crippen LogP contribution in [0.15, 0.2) is 42.5 Å². The second-order valence-corrected chi connectivity index (χ2v) is 6.14. The minimum absolute atomic E-state index is 0.0299. The van der Waals surface area contributed by atoms with Crippen LogP contribution in [0.3, 0.4) is 0 Å². The Morgan fingerprint density at radius 1 is 1.16 bits per heavy atom. The van der Waals surface area contributed by atoms with Crippen LogP contribution in [-0.4, -0.2) is 17.9 Å². The van der Waals surface area contributed by atoms with Crippen molar-refractivity contribution in [2.45, 2.75) is 32.2 Å². The summed E-state index contributed by atoms with van der Waals surface area (Å²) in [6.45, 7) is 1.74. The van der Waals surface area contributed by atoms with Gasteiger partial charge in [-0.3, -0.25) is 9.59 Å². The molecule has 0 aromatic heterocycles. The average Bonchev–Trinajstić information content (AvgIpc) is 2.75. The van der Waals surface area contributed by atoms with Crippen molar-refractivity contribution in [2.75, 3.05) is 16.0 Å². The molecule has 0 aliphatic carbocycles. The van der Waals surface area contributed by atoms with E-state index < -0.39 is 11.9 Å². The van der Waals surface area contributed by atoms with Gasteiger partial charge in [-0.25, -0.2) is 4.39 Å². The smallest absolute Gasteiger partial charge is 0.246 e. The lowest BCUT2D eigenvalue weighted by molar-refractivity contribution is -0.117. The normalized spacial score (nSPS) is 14.7. The molecule has 2 amide bonds. The number of fused-ring (bicyclic) bond motifs is 1. The van der Waals surface area contributed by atoms with E-state index in [4.69, 9.17) is 0 Å². The van der Waals surface area contributed by atoms with Crippen molar-refractivity contribution >= 4 is 28.9 Å². The molecular weight excluding hydrogens is 321 g/mol. The molecule has 1 heterocycles. The monoisotopic (exact) mass is 341 g/mol. The number of rotatable bonds is 4. The predicted molar refractivity (Wildman–Crippen MR) is 96.1 cm³/mol. The van der Waals surface area contributed by atoms with Crippen LogP contribution in [0, 0.1) is 5.82 Å². The van der Waals surface area contributed by atoms with Gasteiger partial charge < -0.3 is 16.0 Å². The fourth-order valence-corrected chi connectivity index (χ4v) is 2.80. The minimum atomic E-state index is -0.498. The molecule has 0 fully saturated rings. The predicted octanol–water partition coefficient (Wildman–Crippen LogP) is 3.54. The Morgan fingerprint density at radius 2 is 2.00 bits per heavy atom. The molecule has 2 aromatic rings. The second-order valence-electron chi connectivity index (χ2n) is 6.14. The van der Waals surface area contributed by atoms with Crippen LogP contribution in [0.1, 0.15) is 25.3 Å². The Hall–Kier alpha value is -2.89. The Balaban J connectivity index is 1.66. The molecule has 0 spiro atoms. The first-order valence-electron chi connectivity index (χ1n) is 8.27. The zero-order chi connectivity index (χ0) is 17.8. The van der Waals surface area contributed by atoms with Crippen LogP contribution in [0.5, 0.6) is 0 Å². The summed E-state index contributed by atoms with van der Waals surface area (Å²) in [5, 5.41) is 8.70. The van der Waals surface area contributed by atoms with E-state index in [1.54, 1.807) is 19.1 Å². The number of benzene rings is 2. The van der Waals surface area contributed by atoms with Gasteiger partial charge in [0.25, 0.3) is 0 Å². The van der Waals surface area contributed by atoms with E-state index in [-0.39, 0.29) is 11.8 Å². The first-order chi connectivity index (χ1) is 12.0. The SMILES string of the molecule is CC(Nc1ccc2c(c1)CCCC(=O)N2)C(=O)Nc1cccc(F)c1. The van der Waals surface area contributed by atoms with Crippen molar-refractivity contribution in [1.29, 1.82) is 0 Å². The summed E-state index contributed by atoms with van der Waals surface area (Å²) in [5.41, 5.74) is 3.10. The first kappa shape index (κ1) is 17.0. The molecule has 1 aliphatic heterocycles. The number of carbonyl (C=O) groups is 2. The topological polar surface area (TPSA) is 70.2 Å². The number of hydrogen-bond acceptors (Lipinski definition) is 3. The molecule has 0 saturated carbocycles. The zero-order valence-electron chi connectivity index (χ0n) is 13.9. The van der Waals surface area contributed by atoms with Gasteiger partial charge in [0.1, 0.15) is 11.9 Å². The maximum Gasteiger partial charge on any atom is 0.246 e. The third-order valence-electron chi connectivity index (χ3n) is 4.10. The third kappa shape index (κ3) is 4.35. The van der Waals surface area contributed by atoms with Crippen LogP contribution in [0.2, 0.25) is 0 Å². The summed E-state index contributed by atoms with van der Waals surface area (Å²) in [4.78, 5) is 23.9. The van der Waals surface area contributed by atoms with Gasteiger partial charge in [-0.15, -0.1) is 0 Å². The molecule has 0 bridgehead atoms. The highest BCUT2D eigenvalue weighted by molar-refractivity contribution is 5.96. The van der Waals surface area contributed by atoms with Crippen molar-refractivity contribution in [3.63, 3.8) is 0 Å². The van der Waals surface area contributed by atoms with Gasteiger partial charge in [0, 0.05) is 23.5 Å². The number of amides is 2. The number of aryl methyl sites for hydroxylation is 1. The van der Waals surface area contributed by atoms with Gasteiger partial charge >= 0.3 is 0 Å². The molecule has 3 N–H and O–H groups in total. The highest BCUT2D eigenvalue weighted by Crippen LogP contribution is 2.25. The van der Waals surface area contributed by atoms with Gasteiger partial charge in [0.15, 0.2) is 0 Å². The lowest BCUT2D eigenvalue weighted by atomic mass is 10.1. The van der Waals surface area contributed by atoms with Gasteiger partial charge in [-0.1, -0.05) is 6.07 Å². The summed E-state index contributed by atoms with van der Waals surface area (Å²) in [5.74, 6) is -0.623. The Morgan fingerprint density at radius 3 is 2.80 bits per heavy atom. The Kier molecular flexibility index (Phi) is 4.97. The lowest BCUT2D eigenvalue weighted by Gasteiger charge is -2.17. The van der Waals surface area contributed by atoms with E-state index in [1.807, 2.05) is 18.2 Å². The molecule has 6 heteroatoms. The molecule has 0 saturated heterocycles. The van der Waals surface area contributed by atoms with Crippen LogP contribution < -0.4 is 16.0 Å². The van der Waals surface area contributed by atoms with Gasteiger partial charge in [0.2, 0.25) is 11.8 Å². The summed E-state index contributed by atoms with van der Waals surface area (Å²) in [6, 6.07) is 10.9. The van der Waals surface area contributed by atoms with Crippen molar-refractivity contribution in [1.82, 2.24) is 0 Å². The van der Waals surface area contributed by atoms with Gasteiger partial charge in [-0.2, -0.15) is 0 Å². The molecule has 2 aromatic carbocycles. The largest absolute Gasteiger partial charge is 0.374 e. The van der Waals surface area contributed by atoms with Crippen LogP contribution >= 0.6 is 0 Å². The quantitative estimate of drug-likeness (QED) is 0.797. The first-order valence-corrected chi connectivity index (χ1v) is 8.27. The summed E-state index contributed by atoms with van der Waals surface area (Å²) in [7, 11) is 0. The van der Waals surface area contributed by atoms with Gasteiger partial charge in [-0.05, 0) is 61.7 Å². The standard InChI is InChI=1S/C19H20FN3O2/c1-12(19(25)22-15-6-3-5-14(20)11-15)21-16-8-9-17-13(10-16)4-2-7-18(24)23-17/h3,5-6,8-12,21H,2,4,7H2,1H3,(H,22,25)(H,23,24). The summed E-state index contributed by atoms with van der Waals surface area (Å²) in [6.07, 6.45) is 2.13. The van der Waals surface area contributed by atoms with E-state index in [0.29, 0.717) is 12.1 Å². The third-order valence-corrected chi connectivity index (χ3v) is 4.10. The number of carbonyl (C=O) groups excluding carboxylic acids is 2. The number of nitrogens with one attached hydrogen (secondary N) is 3. The van der Waals surface area contributed by atoms with Crippen LogP contribution in [0.4, 0.5) is 21.5 Å². The molecule has 25 heavy (non-hydrogen) atoms. The zero-order valence-corrected chi connectivity index (χ0v) is 13.9. The molecule has 1 atom stereocenters. The molecule has 3 rings (SSSR count). The molecule has 5 nitrogen and oxygen atoms in total. The maximum absolute atomic E-state index is 13.2. The Bertz CT molecular complexity index is 807. The fraction of sp³-hybridized carbons (Fsp3) is 0.263. The van der Waals surface area contributed by atoms with Crippen molar-refractivity contribution in [2.24, 2.45) is 0 Å². The van der Waals surface area contributed by atoms with E-state index in [1.165, 1.54) is 12.1 Å². The molecule has 1 unspecified atom stereocenters. The fourth-order valence-electron chi connectivity index (χ4n) is 2.80. The number of anilines is 3.